The molecule has 1 aromatic carbocycles. The monoisotopic (exact) mass is 396 g/mol. The molecule has 0 saturated heterocycles. The van der Waals surface area contributed by atoms with E-state index >= 15 is 0 Å². The van der Waals surface area contributed by atoms with Crippen molar-refractivity contribution >= 4 is 10.0 Å². The summed E-state index contributed by atoms with van der Waals surface area (Å²) in [6, 6.07) is 4.40. The van der Waals surface area contributed by atoms with E-state index in [1.807, 2.05) is 0 Å². The van der Waals surface area contributed by atoms with Gasteiger partial charge >= 0.3 is 0 Å². The fourth-order valence-corrected chi connectivity index (χ4v) is 4.19. The smallest absolute Gasteiger partial charge is 0.240 e. The van der Waals surface area contributed by atoms with Gasteiger partial charge in [0.05, 0.1) is 24.7 Å². The number of methoxy groups -OCH3 is 2. The van der Waals surface area contributed by atoms with Gasteiger partial charge in [0.25, 0.3) is 0 Å². The summed E-state index contributed by atoms with van der Waals surface area (Å²) in [7, 11) is -0.775. The van der Waals surface area contributed by atoms with Crippen LogP contribution in [0.25, 0.3) is 0 Å². The Bertz CT molecular complexity index is 890. The first-order valence-corrected chi connectivity index (χ1v) is 10.2. The topological polar surface area (TPSA) is 130 Å². The lowest BCUT2D eigenvalue weighted by Gasteiger charge is -2.17. The summed E-state index contributed by atoms with van der Waals surface area (Å²) in [6.45, 7) is 0.121. The summed E-state index contributed by atoms with van der Waals surface area (Å²) in [4.78, 5) is 4.41. The molecule has 1 saturated carbocycles. The Morgan fingerprint density at radius 1 is 1.22 bits per heavy atom. The Kier molecular flexibility index (Phi) is 5.68. The van der Waals surface area contributed by atoms with Gasteiger partial charge < -0.3 is 19.7 Å². The maximum absolute atomic E-state index is 12.5. The van der Waals surface area contributed by atoms with Crippen LogP contribution in [0.15, 0.2) is 27.6 Å². The van der Waals surface area contributed by atoms with Crippen LogP contribution in [0.3, 0.4) is 0 Å². The molecule has 1 aliphatic carbocycles. The summed E-state index contributed by atoms with van der Waals surface area (Å²) in [5.74, 6) is 1.65. The molecule has 0 atom stereocenters. The minimum atomic E-state index is -3.71. The quantitative estimate of drug-likeness (QED) is 0.684. The molecule has 1 fully saturated rings. The van der Waals surface area contributed by atoms with E-state index in [2.05, 4.69) is 14.9 Å². The number of rotatable bonds is 8. The van der Waals surface area contributed by atoms with Crippen molar-refractivity contribution in [2.75, 3.05) is 20.8 Å². The SMILES string of the molecule is COc1ccc(S(=O)(=O)NCCc2nc(C3(N)CCCC3)no2)cc1OC. The van der Waals surface area contributed by atoms with E-state index in [9.17, 15) is 8.42 Å². The summed E-state index contributed by atoms with van der Waals surface area (Å²) < 4.78 is 42.9. The number of hydrogen-bond acceptors (Lipinski definition) is 8. The molecular formula is C17H24N4O5S. The zero-order chi connectivity index (χ0) is 19.5. The van der Waals surface area contributed by atoms with Gasteiger partial charge in [-0.05, 0) is 25.0 Å². The van der Waals surface area contributed by atoms with Crippen LogP contribution in [0, 0.1) is 0 Å². The van der Waals surface area contributed by atoms with Gasteiger partial charge in [-0.1, -0.05) is 18.0 Å². The Hall–Kier alpha value is -2.17. The van der Waals surface area contributed by atoms with E-state index in [0.29, 0.717) is 23.2 Å². The molecule has 1 aliphatic rings. The van der Waals surface area contributed by atoms with Crippen LogP contribution in [0.4, 0.5) is 0 Å². The van der Waals surface area contributed by atoms with Gasteiger partial charge in [0.1, 0.15) is 0 Å². The number of benzene rings is 1. The second kappa shape index (κ2) is 7.83. The molecule has 0 bridgehead atoms. The highest BCUT2D eigenvalue weighted by Gasteiger charge is 2.35. The minimum absolute atomic E-state index is 0.0817. The molecular weight excluding hydrogens is 372 g/mol. The van der Waals surface area contributed by atoms with Crippen LogP contribution >= 0.6 is 0 Å². The fraction of sp³-hybridized carbons (Fsp3) is 0.529. The minimum Gasteiger partial charge on any atom is -0.493 e. The van der Waals surface area contributed by atoms with E-state index < -0.39 is 15.6 Å². The highest BCUT2D eigenvalue weighted by atomic mass is 32.2. The first-order valence-electron chi connectivity index (χ1n) is 8.71. The second-order valence-corrected chi connectivity index (χ2v) is 8.31. The van der Waals surface area contributed by atoms with E-state index in [-0.39, 0.29) is 17.9 Å². The fourth-order valence-electron chi connectivity index (χ4n) is 3.15. The lowest BCUT2D eigenvalue weighted by Crippen LogP contribution is -2.34. The van der Waals surface area contributed by atoms with Crippen LogP contribution in [-0.2, 0) is 22.0 Å². The van der Waals surface area contributed by atoms with Gasteiger partial charge in [-0.15, -0.1) is 0 Å². The number of sulfonamides is 1. The molecule has 2 aromatic rings. The molecule has 3 rings (SSSR count). The maximum Gasteiger partial charge on any atom is 0.240 e. The van der Waals surface area contributed by atoms with Gasteiger partial charge in [-0.25, -0.2) is 13.1 Å². The molecule has 0 unspecified atom stereocenters. The average molecular weight is 396 g/mol. The summed E-state index contributed by atoms with van der Waals surface area (Å²) in [6.07, 6.45) is 4.03. The second-order valence-electron chi connectivity index (χ2n) is 6.54. The van der Waals surface area contributed by atoms with Gasteiger partial charge in [0.2, 0.25) is 15.9 Å². The van der Waals surface area contributed by atoms with Crippen molar-refractivity contribution < 1.29 is 22.4 Å². The van der Waals surface area contributed by atoms with Crippen molar-refractivity contribution in [2.45, 2.75) is 42.5 Å². The highest BCUT2D eigenvalue weighted by Crippen LogP contribution is 2.34. The largest absolute Gasteiger partial charge is 0.493 e. The number of hydrogen-bond donors (Lipinski definition) is 2. The van der Waals surface area contributed by atoms with Gasteiger partial charge in [-0.2, -0.15) is 4.98 Å². The van der Waals surface area contributed by atoms with Crippen molar-refractivity contribution in [3.05, 3.63) is 29.9 Å². The molecule has 148 valence electrons. The Labute approximate surface area is 158 Å². The number of nitrogens with one attached hydrogen (secondary N) is 1. The molecule has 0 spiro atoms. The molecule has 3 N–H and O–H groups in total. The van der Waals surface area contributed by atoms with Crippen LogP contribution < -0.4 is 19.9 Å². The van der Waals surface area contributed by atoms with Crippen LogP contribution in [0.5, 0.6) is 11.5 Å². The zero-order valence-corrected chi connectivity index (χ0v) is 16.2. The van der Waals surface area contributed by atoms with Gasteiger partial charge in [0.15, 0.2) is 17.3 Å². The molecule has 0 aliphatic heterocycles. The lowest BCUT2D eigenvalue weighted by molar-refractivity contribution is 0.348. The lowest BCUT2D eigenvalue weighted by atomic mass is 9.99. The third-order valence-electron chi connectivity index (χ3n) is 4.71. The Morgan fingerprint density at radius 2 is 1.93 bits per heavy atom. The zero-order valence-electron chi connectivity index (χ0n) is 15.4. The first-order chi connectivity index (χ1) is 12.9. The molecule has 27 heavy (non-hydrogen) atoms. The normalized spacial score (nSPS) is 16.4. The van der Waals surface area contributed by atoms with Crippen molar-refractivity contribution in [3.8, 4) is 11.5 Å². The Balaban J connectivity index is 1.62. The standard InChI is InChI=1S/C17H24N4O5S/c1-24-13-6-5-12(11-14(13)25-2)27(22,23)19-10-7-15-20-16(21-26-15)17(18)8-3-4-9-17/h5-6,11,19H,3-4,7-10,18H2,1-2H3. The van der Waals surface area contributed by atoms with E-state index in [1.54, 1.807) is 6.07 Å². The predicted molar refractivity (Wildman–Crippen MR) is 97.1 cm³/mol. The van der Waals surface area contributed by atoms with Crippen LogP contribution in [0.1, 0.15) is 37.4 Å². The van der Waals surface area contributed by atoms with Crippen molar-refractivity contribution in [3.63, 3.8) is 0 Å². The molecule has 1 heterocycles. The molecule has 9 nitrogen and oxygen atoms in total. The van der Waals surface area contributed by atoms with E-state index in [1.165, 1.54) is 26.4 Å². The number of nitrogens with two attached hydrogens (primary N) is 1. The number of ether oxygens (including phenoxy) is 2. The first kappa shape index (κ1) is 19.6. The number of aromatic nitrogens is 2. The molecule has 10 heteroatoms. The van der Waals surface area contributed by atoms with E-state index in [4.69, 9.17) is 19.7 Å². The molecule has 0 radical (unpaired) electrons. The summed E-state index contributed by atoms with van der Waals surface area (Å²) in [5.41, 5.74) is 5.77. The molecule has 1 aromatic heterocycles. The average Bonchev–Trinajstić information content (AvgIpc) is 3.31. The van der Waals surface area contributed by atoms with Crippen molar-refractivity contribution in [2.24, 2.45) is 5.73 Å². The van der Waals surface area contributed by atoms with Crippen LogP contribution in [0.2, 0.25) is 0 Å². The van der Waals surface area contributed by atoms with Gasteiger partial charge in [0, 0.05) is 19.0 Å². The third kappa shape index (κ3) is 4.23. The van der Waals surface area contributed by atoms with Crippen molar-refractivity contribution in [1.82, 2.24) is 14.9 Å². The Morgan fingerprint density at radius 3 is 2.59 bits per heavy atom. The number of nitrogens with zero attached hydrogens (tertiary/aromatic N) is 2. The summed E-state index contributed by atoms with van der Waals surface area (Å²) >= 11 is 0. The predicted octanol–water partition coefficient (Wildman–Crippen LogP) is 1.34. The molecule has 0 amide bonds. The summed E-state index contributed by atoms with van der Waals surface area (Å²) in [5, 5.41) is 3.97. The maximum atomic E-state index is 12.5. The highest BCUT2D eigenvalue weighted by molar-refractivity contribution is 7.89. The van der Waals surface area contributed by atoms with Gasteiger partial charge in [-0.3, -0.25) is 0 Å². The third-order valence-corrected chi connectivity index (χ3v) is 6.16. The van der Waals surface area contributed by atoms with Crippen molar-refractivity contribution in [1.29, 1.82) is 0 Å². The van der Waals surface area contributed by atoms with Crippen LogP contribution in [-0.4, -0.2) is 39.3 Å². The van der Waals surface area contributed by atoms with E-state index in [0.717, 1.165) is 25.7 Å².